The molecule has 5 heteroatoms. The van der Waals surface area contributed by atoms with Gasteiger partial charge in [-0.05, 0) is 6.92 Å². The van der Waals surface area contributed by atoms with Crippen LogP contribution in [0.3, 0.4) is 0 Å². The number of halogens is 2. The summed E-state index contributed by atoms with van der Waals surface area (Å²) in [6.45, 7) is 1.58. The van der Waals surface area contributed by atoms with Crippen LogP contribution in [0.15, 0.2) is 12.4 Å². The average Bonchev–Trinajstić information content (AvgIpc) is 2.03. The summed E-state index contributed by atoms with van der Waals surface area (Å²) in [5.74, 6) is -0.280. The van der Waals surface area contributed by atoms with Gasteiger partial charge in [-0.3, -0.25) is 9.78 Å². The summed E-state index contributed by atoms with van der Waals surface area (Å²) in [6, 6.07) is -0.614. The number of rotatable bonds is 2. The first-order chi connectivity index (χ1) is 6.04. The van der Waals surface area contributed by atoms with Gasteiger partial charge in [0.2, 0.25) is 0 Å². The fourth-order valence-corrected chi connectivity index (χ4v) is 1.43. The van der Waals surface area contributed by atoms with E-state index in [4.69, 9.17) is 28.9 Å². The van der Waals surface area contributed by atoms with E-state index < -0.39 is 6.04 Å². The normalized spacial score (nSPS) is 12.6. The molecule has 0 aliphatic rings. The molecule has 2 N–H and O–H groups in total. The van der Waals surface area contributed by atoms with E-state index in [9.17, 15) is 4.79 Å². The number of pyridine rings is 1. The average molecular weight is 219 g/mol. The highest BCUT2D eigenvalue weighted by molar-refractivity contribution is 6.39. The SMILES string of the molecule is CC(N)C(=O)c1c(Cl)cncc1Cl. The Labute approximate surface area is 85.9 Å². The van der Waals surface area contributed by atoms with Crippen molar-refractivity contribution in [3.05, 3.63) is 28.0 Å². The number of carbonyl (C=O) groups excluding carboxylic acids is 1. The topological polar surface area (TPSA) is 56.0 Å². The Hall–Kier alpha value is -0.640. The molecule has 0 aromatic carbocycles. The fraction of sp³-hybridized carbons (Fsp3) is 0.250. The van der Waals surface area contributed by atoms with Crippen molar-refractivity contribution in [1.82, 2.24) is 4.98 Å². The predicted molar refractivity (Wildman–Crippen MR) is 52.2 cm³/mol. The first-order valence-electron chi connectivity index (χ1n) is 3.63. The molecular weight excluding hydrogens is 211 g/mol. The van der Waals surface area contributed by atoms with Crippen molar-refractivity contribution in [3.8, 4) is 0 Å². The summed E-state index contributed by atoms with van der Waals surface area (Å²) in [7, 11) is 0. The van der Waals surface area contributed by atoms with Gasteiger partial charge in [0.05, 0.1) is 21.7 Å². The number of nitrogens with two attached hydrogens (primary N) is 1. The smallest absolute Gasteiger partial charge is 0.182 e. The molecule has 1 heterocycles. The maximum atomic E-state index is 11.5. The highest BCUT2D eigenvalue weighted by Crippen LogP contribution is 2.23. The molecule has 3 nitrogen and oxygen atoms in total. The largest absolute Gasteiger partial charge is 0.321 e. The lowest BCUT2D eigenvalue weighted by Gasteiger charge is -2.07. The Morgan fingerprint density at radius 2 is 1.92 bits per heavy atom. The highest BCUT2D eigenvalue weighted by atomic mass is 35.5. The van der Waals surface area contributed by atoms with E-state index in [1.807, 2.05) is 0 Å². The summed E-state index contributed by atoms with van der Waals surface area (Å²) in [5.41, 5.74) is 5.66. The van der Waals surface area contributed by atoms with Crippen molar-refractivity contribution in [2.75, 3.05) is 0 Å². The minimum atomic E-state index is -0.614. The molecule has 0 saturated carbocycles. The summed E-state index contributed by atoms with van der Waals surface area (Å²) in [5, 5.41) is 0.463. The maximum Gasteiger partial charge on any atom is 0.182 e. The van der Waals surface area contributed by atoms with Crippen LogP contribution in [0.2, 0.25) is 10.0 Å². The molecule has 1 rings (SSSR count). The Morgan fingerprint density at radius 1 is 1.46 bits per heavy atom. The molecule has 1 atom stereocenters. The summed E-state index contributed by atoms with van der Waals surface area (Å²) in [6.07, 6.45) is 2.73. The monoisotopic (exact) mass is 218 g/mol. The lowest BCUT2D eigenvalue weighted by Crippen LogP contribution is -2.27. The third-order valence-corrected chi connectivity index (χ3v) is 2.09. The van der Waals surface area contributed by atoms with Crippen LogP contribution >= 0.6 is 23.2 Å². The molecule has 1 aromatic rings. The minimum Gasteiger partial charge on any atom is -0.321 e. The van der Waals surface area contributed by atoms with Gasteiger partial charge in [0.15, 0.2) is 5.78 Å². The molecule has 0 bridgehead atoms. The van der Waals surface area contributed by atoms with Crippen molar-refractivity contribution in [1.29, 1.82) is 0 Å². The van der Waals surface area contributed by atoms with Gasteiger partial charge in [0, 0.05) is 12.4 Å². The zero-order chi connectivity index (χ0) is 10.0. The number of hydrogen-bond acceptors (Lipinski definition) is 3. The fourth-order valence-electron chi connectivity index (χ4n) is 0.874. The Kier molecular flexibility index (Phi) is 3.25. The standard InChI is InChI=1S/C8H8Cl2N2O/c1-4(11)8(13)7-5(9)2-12-3-6(7)10/h2-4H,11H2,1H3. The highest BCUT2D eigenvalue weighted by Gasteiger charge is 2.17. The van der Waals surface area contributed by atoms with Crippen LogP contribution < -0.4 is 5.73 Å². The van der Waals surface area contributed by atoms with Crippen molar-refractivity contribution >= 4 is 29.0 Å². The van der Waals surface area contributed by atoms with Crippen molar-refractivity contribution in [2.24, 2.45) is 5.73 Å². The van der Waals surface area contributed by atoms with Crippen molar-refractivity contribution in [2.45, 2.75) is 13.0 Å². The van der Waals surface area contributed by atoms with Crippen LogP contribution in [-0.4, -0.2) is 16.8 Å². The summed E-state index contributed by atoms with van der Waals surface area (Å²) < 4.78 is 0. The summed E-state index contributed by atoms with van der Waals surface area (Å²) >= 11 is 11.5. The number of carbonyl (C=O) groups is 1. The first-order valence-corrected chi connectivity index (χ1v) is 4.38. The van der Waals surface area contributed by atoms with Gasteiger partial charge in [0.25, 0.3) is 0 Å². The zero-order valence-electron chi connectivity index (χ0n) is 6.92. The summed E-state index contributed by atoms with van der Waals surface area (Å²) in [4.78, 5) is 15.2. The molecule has 0 saturated heterocycles. The van der Waals surface area contributed by atoms with Crippen LogP contribution in [0, 0.1) is 0 Å². The second-order valence-electron chi connectivity index (χ2n) is 2.63. The molecule has 0 amide bonds. The van der Waals surface area contributed by atoms with E-state index in [2.05, 4.69) is 4.98 Å². The van der Waals surface area contributed by atoms with Gasteiger partial charge in [-0.15, -0.1) is 0 Å². The zero-order valence-corrected chi connectivity index (χ0v) is 8.43. The van der Waals surface area contributed by atoms with Gasteiger partial charge in [-0.25, -0.2) is 0 Å². The van der Waals surface area contributed by atoms with Crippen LogP contribution in [0.1, 0.15) is 17.3 Å². The van der Waals surface area contributed by atoms with E-state index >= 15 is 0 Å². The lowest BCUT2D eigenvalue weighted by molar-refractivity contribution is 0.0968. The number of nitrogens with zero attached hydrogens (tertiary/aromatic N) is 1. The number of ketones is 1. The van der Waals surface area contributed by atoms with Crippen molar-refractivity contribution in [3.63, 3.8) is 0 Å². The molecule has 0 aliphatic heterocycles. The molecule has 1 unspecified atom stereocenters. The molecule has 13 heavy (non-hydrogen) atoms. The quantitative estimate of drug-likeness (QED) is 0.773. The van der Waals surface area contributed by atoms with Crippen LogP contribution in [0.4, 0.5) is 0 Å². The van der Waals surface area contributed by atoms with E-state index in [-0.39, 0.29) is 21.4 Å². The minimum absolute atomic E-state index is 0.231. The van der Waals surface area contributed by atoms with Gasteiger partial charge >= 0.3 is 0 Å². The molecule has 0 fully saturated rings. The van der Waals surface area contributed by atoms with Gasteiger partial charge < -0.3 is 5.73 Å². The Morgan fingerprint density at radius 3 is 2.31 bits per heavy atom. The molecule has 0 aliphatic carbocycles. The van der Waals surface area contributed by atoms with E-state index in [0.717, 1.165) is 0 Å². The van der Waals surface area contributed by atoms with Gasteiger partial charge in [-0.2, -0.15) is 0 Å². The molecule has 0 radical (unpaired) electrons. The van der Waals surface area contributed by atoms with Gasteiger partial charge in [0.1, 0.15) is 0 Å². The Balaban J connectivity index is 3.20. The molecular formula is C8H8Cl2N2O. The molecule has 1 aromatic heterocycles. The maximum absolute atomic E-state index is 11.5. The van der Waals surface area contributed by atoms with E-state index in [0.29, 0.717) is 0 Å². The number of aromatic nitrogens is 1. The number of hydrogen-bond donors (Lipinski definition) is 1. The lowest BCUT2D eigenvalue weighted by atomic mass is 10.1. The van der Waals surface area contributed by atoms with Crippen LogP contribution in [0.25, 0.3) is 0 Å². The molecule has 70 valence electrons. The van der Waals surface area contributed by atoms with Crippen LogP contribution in [0.5, 0.6) is 0 Å². The van der Waals surface area contributed by atoms with Gasteiger partial charge in [-0.1, -0.05) is 23.2 Å². The van der Waals surface area contributed by atoms with E-state index in [1.165, 1.54) is 12.4 Å². The first kappa shape index (κ1) is 10.4. The Bertz CT molecular complexity index is 319. The van der Waals surface area contributed by atoms with Crippen molar-refractivity contribution < 1.29 is 4.79 Å². The predicted octanol–water partition coefficient (Wildman–Crippen LogP) is 1.92. The molecule has 0 spiro atoms. The second-order valence-corrected chi connectivity index (χ2v) is 3.45. The van der Waals surface area contributed by atoms with Crippen LogP contribution in [-0.2, 0) is 0 Å². The second kappa shape index (κ2) is 4.05. The third kappa shape index (κ3) is 2.18. The number of Topliss-reactive ketones (excluding diaryl/α,β-unsaturated/α-hetero) is 1. The third-order valence-electron chi connectivity index (χ3n) is 1.51. The van der Waals surface area contributed by atoms with E-state index in [1.54, 1.807) is 6.92 Å².